The topological polar surface area (TPSA) is 68.7 Å². The molecule has 0 spiro atoms. The van der Waals surface area contributed by atoms with Crippen molar-refractivity contribution in [1.29, 1.82) is 0 Å². The molecular weight excluding hydrogens is 352 g/mol. The van der Waals surface area contributed by atoms with Crippen molar-refractivity contribution in [3.63, 3.8) is 0 Å². The van der Waals surface area contributed by atoms with Crippen LogP contribution in [0.1, 0.15) is 42.5 Å². The smallest absolute Gasteiger partial charge is 0.255 e. The van der Waals surface area contributed by atoms with Crippen LogP contribution < -0.4 is 5.32 Å². The molecule has 2 saturated heterocycles. The number of hydrogen-bond acceptors (Lipinski definition) is 5. The van der Waals surface area contributed by atoms with Crippen molar-refractivity contribution in [2.24, 2.45) is 5.92 Å². The maximum atomic E-state index is 12.5. The molecule has 0 aliphatic carbocycles. The molecule has 1 aromatic heterocycles. The van der Waals surface area contributed by atoms with E-state index in [0.29, 0.717) is 22.3 Å². The Labute approximate surface area is 160 Å². The number of nitrogens with one attached hydrogen (secondary N) is 1. The van der Waals surface area contributed by atoms with Gasteiger partial charge in [0.15, 0.2) is 0 Å². The van der Waals surface area contributed by atoms with E-state index in [0.717, 1.165) is 65.0 Å². The van der Waals surface area contributed by atoms with Gasteiger partial charge in [0.25, 0.3) is 5.91 Å². The van der Waals surface area contributed by atoms with Crippen molar-refractivity contribution in [2.75, 3.05) is 51.2 Å². The Balaban J connectivity index is 1.51. The van der Waals surface area contributed by atoms with Crippen LogP contribution in [0, 0.1) is 5.92 Å². The Hall–Kier alpha value is -1.37. The van der Waals surface area contributed by atoms with Crippen molar-refractivity contribution in [1.82, 2.24) is 14.8 Å². The van der Waals surface area contributed by atoms with Crippen LogP contribution in [0.4, 0.5) is 5.82 Å². The molecule has 26 heavy (non-hydrogen) atoms. The van der Waals surface area contributed by atoms with Crippen molar-refractivity contribution >= 4 is 23.3 Å². The van der Waals surface area contributed by atoms with Crippen molar-refractivity contribution in [2.45, 2.75) is 32.1 Å². The van der Waals surface area contributed by atoms with Gasteiger partial charge in [-0.25, -0.2) is 4.98 Å². The predicted octanol–water partition coefficient (Wildman–Crippen LogP) is 2.48. The van der Waals surface area contributed by atoms with E-state index in [1.807, 2.05) is 4.90 Å². The number of likely N-dealkylation sites (tertiary alicyclic amines) is 2. The summed E-state index contributed by atoms with van der Waals surface area (Å²) in [6.07, 6.45) is 7.19. The molecule has 1 aromatic rings. The monoisotopic (exact) mass is 380 g/mol. The number of rotatable bonds is 6. The molecule has 0 saturated carbocycles. The summed E-state index contributed by atoms with van der Waals surface area (Å²) in [6, 6.07) is 1.73. The Morgan fingerprint density at radius 2 is 1.96 bits per heavy atom. The molecule has 2 fully saturated rings. The van der Waals surface area contributed by atoms with Crippen LogP contribution in [-0.2, 0) is 0 Å². The highest BCUT2D eigenvalue weighted by Gasteiger charge is 2.21. The third-order valence-electron chi connectivity index (χ3n) is 5.41. The van der Waals surface area contributed by atoms with Gasteiger partial charge in [0.05, 0.1) is 17.2 Å². The van der Waals surface area contributed by atoms with Crippen molar-refractivity contribution < 1.29 is 9.90 Å². The SMILES string of the molecule is O=C(c1cnc(NCC2CCN(CCO)CC2)c(Cl)c1)N1CCCCC1. The molecule has 0 bridgehead atoms. The van der Waals surface area contributed by atoms with Gasteiger partial charge >= 0.3 is 0 Å². The molecule has 0 aromatic carbocycles. The van der Waals surface area contributed by atoms with E-state index in [2.05, 4.69) is 15.2 Å². The minimum atomic E-state index is 0.0295. The number of anilines is 1. The quantitative estimate of drug-likeness (QED) is 0.793. The lowest BCUT2D eigenvalue weighted by Crippen LogP contribution is -2.37. The number of piperidine rings is 2. The molecule has 2 aliphatic rings. The first-order valence-electron chi connectivity index (χ1n) is 9.69. The second kappa shape index (κ2) is 9.53. The van der Waals surface area contributed by atoms with E-state index in [1.165, 1.54) is 6.42 Å². The first kappa shape index (κ1) is 19.4. The normalized spacial score (nSPS) is 19.5. The number of aliphatic hydroxyl groups is 1. The number of aromatic nitrogens is 1. The number of halogens is 1. The number of amides is 1. The number of hydrogen-bond donors (Lipinski definition) is 2. The molecule has 2 aliphatic heterocycles. The Morgan fingerprint density at radius 1 is 1.23 bits per heavy atom. The lowest BCUT2D eigenvalue weighted by Gasteiger charge is -2.31. The summed E-state index contributed by atoms with van der Waals surface area (Å²) in [5, 5.41) is 12.9. The summed E-state index contributed by atoms with van der Waals surface area (Å²) >= 11 is 6.36. The maximum absolute atomic E-state index is 12.5. The van der Waals surface area contributed by atoms with Crippen molar-refractivity contribution in [3.05, 3.63) is 22.8 Å². The van der Waals surface area contributed by atoms with E-state index in [9.17, 15) is 4.79 Å². The maximum Gasteiger partial charge on any atom is 0.255 e. The summed E-state index contributed by atoms with van der Waals surface area (Å²) < 4.78 is 0. The number of nitrogens with zero attached hydrogens (tertiary/aromatic N) is 3. The van der Waals surface area contributed by atoms with Crippen LogP contribution in [0.2, 0.25) is 5.02 Å². The summed E-state index contributed by atoms with van der Waals surface area (Å²) in [7, 11) is 0. The number of pyridine rings is 1. The van der Waals surface area contributed by atoms with Gasteiger partial charge in [-0.2, -0.15) is 0 Å². The lowest BCUT2D eigenvalue weighted by atomic mass is 9.97. The Bertz CT molecular complexity index is 599. The van der Waals surface area contributed by atoms with Crippen LogP contribution in [0.25, 0.3) is 0 Å². The van der Waals surface area contributed by atoms with E-state index in [-0.39, 0.29) is 12.5 Å². The number of carbonyl (C=O) groups is 1. The highest BCUT2D eigenvalue weighted by molar-refractivity contribution is 6.33. The highest BCUT2D eigenvalue weighted by atomic mass is 35.5. The van der Waals surface area contributed by atoms with E-state index in [4.69, 9.17) is 16.7 Å². The predicted molar refractivity (Wildman–Crippen MR) is 104 cm³/mol. The van der Waals surface area contributed by atoms with Crippen LogP contribution in [0.5, 0.6) is 0 Å². The zero-order valence-corrected chi connectivity index (χ0v) is 16.0. The number of aliphatic hydroxyl groups excluding tert-OH is 1. The second-order valence-corrected chi connectivity index (χ2v) is 7.70. The second-order valence-electron chi connectivity index (χ2n) is 7.30. The third-order valence-corrected chi connectivity index (χ3v) is 5.70. The van der Waals surface area contributed by atoms with Gasteiger partial charge in [0, 0.05) is 32.4 Å². The van der Waals surface area contributed by atoms with Gasteiger partial charge in [-0.15, -0.1) is 0 Å². The van der Waals surface area contributed by atoms with Crippen LogP contribution in [0.3, 0.4) is 0 Å². The zero-order chi connectivity index (χ0) is 18.4. The molecular formula is C19H29ClN4O2. The van der Waals surface area contributed by atoms with Crippen LogP contribution in [-0.4, -0.2) is 71.7 Å². The third kappa shape index (κ3) is 5.09. The number of carbonyl (C=O) groups excluding carboxylic acids is 1. The minimum Gasteiger partial charge on any atom is -0.395 e. The van der Waals surface area contributed by atoms with E-state index < -0.39 is 0 Å². The van der Waals surface area contributed by atoms with Gasteiger partial charge in [0.1, 0.15) is 5.82 Å². The molecule has 7 heteroatoms. The Morgan fingerprint density at radius 3 is 2.62 bits per heavy atom. The molecule has 144 valence electrons. The van der Waals surface area contributed by atoms with Gasteiger partial charge < -0.3 is 20.2 Å². The van der Waals surface area contributed by atoms with Crippen LogP contribution >= 0.6 is 11.6 Å². The molecule has 3 rings (SSSR count). The Kier molecular flexibility index (Phi) is 7.11. The van der Waals surface area contributed by atoms with Crippen molar-refractivity contribution in [3.8, 4) is 0 Å². The van der Waals surface area contributed by atoms with E-state index in [1.54, 1.807) is 12.3 Å². The van der Waals surface area contributed by atoms with Gasteiger partial charge in [-0.05, 0) is 57.2 Å². The summed E-state index contributed by atoms with van der Waals surface area (Å²) in [5.74, 6) is 1.26. The largest absolute Gasteiger partial charge is 0.395 e. The van der Waals surface area contributed by atoms with Gasteiger partial charge in [0.2, 0.25) is 0 Å². The summed E-state index contributed by atoms with van der Waals surface area (Å²) in [4.78, 5) is 21.1. The standard InChI is InChI=1S/C19H29ClN4O2/c20-17-12-16(19(26)24-6-2-1-3-7-24)14-22-18(17)21-13-15-4-8-23(9-5-15)10-11-25/h12,14-15,25H,1-11,13H2,(H,21,22). The average molecular weight is 381 g/mol. The first-order valence-corrected chi connectivity index (χ1v) is 10.1. The summed E-state index contributed by atoms with van der Waals surface area (Å²) in [5.41, 5.74) is 0.569. The number of β-amino-alcohol motifs (C(OH)–C–C–N with tert-alkyl or cyclic N) is 1. The molecule has 2 N–H and O–H groups in total. The fourth-order valence-electron chi connectivity index (χ4n) is 3.76. The minimum absolute atomic E-state index is 0.0295. The van der Waals surface area contributed by atoms with Gasteiger partial charge in [-0.3, -0.25) is 4.79 Å². The zero-order valence-electron chi connectivity index (χ0n) is 15.3. The molecule has 0 atom stereocenters. The average Bonchev–Trinajstić information content (AvgIpc) is 2.68. The highest BCUT2D eigenvalue weighted by Crippen LogP contribution is 2.24. The fourth-order valence-corrected chi connectivity index (χ4v) is 3.99. The fraction of sp³-hybridized carbons (Fsp3) is 0.684. The van der Waals surface area contributed by atoms with Gasteiger partial charge in [-0.1, -0.05) is 11.6 Å². The molecule has 0 radical (unpaired) electrons. The van der Waals surface area contributed by atoms with E-state index >= 15 is 0 Å². The van der Waals surface area contributed by atoms with Crippen LogP contribution in [0.15, 0.2) is 12.3 Å². The first-order chi connectivity index (χ1) is 12.7. The molecule has 0 unspecified atom stereocenters. The molecule has 6 nitrogen and oxygen atoms in total. The molecule has 1 amide bonds. The molecule has 3 heterocycles. The summed E-state index contributed by atoms with van der Waals surface area (Å²) in [6.45, 7) is 5.52. The lowest BCUT2D eigenvalue weighted by molar-refractivity contribution is 0.0724.